The van der Waals surface area contributed by atoms with Gasteiger partial charge in [0, 0.05) is 30.3 Å². The number of hydrogen-bond acceptors (Lipinski definition) is 9. The Kier molecular flexibility index (Phi) is 8.73. The third-order valence-electron chi connectivity index (χ3n) is 5.97. The number of benzene rings is 1. The van der Waals surface area contributed by atoms with Crippen LogP contribution in [-0.2, 0) is 19.5 Å². The molecule has 1 aliphatic rings. The van der Waals surface area contributed by atoms with E-state index in [1.54, 1.807) is 24.4 Å². The minimum Gasteiger partial charge on any atom is -0.354 e. The molecule has 1 saturated heterocycles. The molecule has 4 rings (SSSR count). The number of nitrogens with zero attached hydrogens (tertiary/aromatic N) is 4. The van der Waals surface area contributed by atoms with Gasteiger partial charge in [-0.2, -0.15) is 0 Å². The van der Waals surface area contributed by atoms with Crippen LogP contribution in [0.5, 0.6) is 0 Å². The quantitative estimate of drug-likeness (QED) is 0.310. The van der Waals surface area contributed by atoms with Gasteiger partial charge in [-0.25, -0.2) is 32.5 Å². The van der Waals surface area contributed by atoms with Crippen LogP contribution in [-0.4, -0.2) is 86.5 Å². The van der Waals surface area contributed by atoms with Crippen molar-refractivity contribution in [1.82, 2.24) is 29.6 Å². The molecule has 2 aromatic heterocycles. The molecule has 0 atom stereocenters. The lowest BCUT2D eigenvalue weighted by atomic mass is 9.92. The molecule has 0 radical (unpaired) electrons. The Morgan fingerprint density at radius 3 is 2.53 bits per heavy atom. The molecule has 0 bridgehead atoms. The Morgan fingerprint density at radius 2 is 1.87 bits per heavy atom. The van der Waals surface area contributed by atoms with Crippen molar-refractivity contribution in [3.63, 3.8) is 0 Å². The van der Waals surface area contributed by atoms with E-state index >= 15 is 0 Å². The van der Waals surface area contributed by atoms with Gasteiger partial charge in [0.2, 0.25) is 22.3 Å². The van der Waals surface area contributed by atoms with E-state index < -0.39 is 21.7 Å². The molecule has 38 heavy (non-hydrogen) atoms. The summed E-state index contributed by atoms with van der Waals surface area (Å²) in [6.07, 6.45) is 2.92. The number of hydrogen-bond donors (Lipinski definition) is 3. The molecule has 1 fully saturated rings. The zero-order chi connectivity index (χ0) is 27.3. The SMILES string of the molecule is CN(C)CCCNc1nccc(-c2[nH]c(C3OCC(C)(CNS(C)(=O)=O)CO3)nc2-c2ccc(F)cc2)n1. The topological polar surface area (TPSA) is 134 Å². The molecular formula is C25H34FN7O4S. The molecule has 0 amide bonds. The molecule has 1 aromatic carbocycles. The standard InChI is InChI=1S/C25H34FN7O4S/c1-25(14-29-38(4,34)35)15-36-23(37-16-25)22-31-20(17-6-8-18(26)9-7-17)21(32-22)19-10-12-28-24(30-19)27-11-5-13-33(2)3/h6-10,12,23,29H,5,11,13-16H2,1-4H3,(H,31,32)(H,27,28,30). The second kappa shape index (κ2) is 11.8. The van der Waals surface area contributed by atoms with Crippen LogP contribution in [0.1, 0.15) is 25.5 Å². The first-order valence-corrected chi connectivity index (χ1v) is 14.2. The van der Waals surface area contributed by atoms with Crippen LogP contribution < -0.4 is 10.0 Å². The van der Waals surface area contributed by atoms with Gasteiger partial charge in [-0.3, -0.25) is 0 Å². The molecule has 13 heteroatoms. The van der Waals surface area contributed by atoms with Crippen molar-refractivity contribution < 1.29 is 22.3 Å². The molecular weight excluding hydrogens is 513 g/mol. The summed E-state index contributed by atoms with van der Waals surface area (Å²) < 4.78 is 51.1. The number of aromatic nitrogens is 4. The minimum atomic E-state index is -3.33. The summed E-state index contributed by atoms with van der Waals surface area (Å²) in [5.74, 6) is 0.566. The van der Waals surface area contributed by atoms with E-state index in [0.717, 1.165) is 25.8 Å². The predicted octanol–water partition coefficient (Wildman–Crippen LogP) is 2.64. The zero-order valence-corrected chi connectivity index (χ0v) is 22.8. The van der Waals surface area contributed by atoms with Gasteiger partial charge in [0.15, 0.2) is 5.82 Å². The normalized spacial score (nSPS) is 20.1. The first-order valence-electron chi connectivity index (χ1n) is 12.3. The molecule has 0 unspecified atom stereocenters. The Morgan fingerprint density at radius 1 is 1.16 bits per heavy atom. The smallest absolute Gasteiger partial charge is 0.223 e. The Labute approximate surface area is 222 Å². The highest BCUT2D eigenvalue weighted by atomic mass is 32.2. The summed E-state index contributed by atoms with van der Waals surface area (Å²) in [7, 11) is 0.714. The molecule has 0 aliphatic carbocycles. The summed E-state index contributed by atoms with van der Waals surface area (Å²) >= 11 is 0. The fourth-order valence-corrected chi connectivity index (χ4v) is 4.50. The lowest BCUT2D eigenvalue weighted by molar-refractivity contribution is -0.231. The van der Waals surface area contributed by atoms with Gasteiger partial charge >= 0.3 is 0 Å². The molecule has 11 nitrogen and oxygen atoms in total. The van der Waals surface area contributed by atoms with E-state index in [1.165, 1.54) is 12.1 Å². The lowest BCUT2D eigenvalue weighted by Gasteiger charge is -2.36. The van der Waals surface area contributed by atoms with Gasteiger partial charge in [-0.1, -0.05) is 6.92 Å². The van der Waals surface area contributed by atoms with Crippen molar-refractivity contribution in [3.05, 3.63) is 48.2 Å². The number of anilines is 1. The molecule has 0 saturated carbocycles. The fraction of sp³-hybridized carbons (Fsp3) is 0.480. The number of H-pyrrole nitrogens is 1. The molecule has 3 heterocycles. The highest BCUT2D eigenvalue weighted by molar-refractivity contribution is 7.88. The van der Waals surface area contributed by atoms with Crippen molar-refractivity contribution in [3.8, 4) is 22.6 Å². The average molecular weight is 548 g/mol. The van der Waals surface area contributed by atoms with E-state index in [4.69, 9.17) is 14.5 Å². The van der Waals surface area contributed by atoms with E-state index in [0.29, 0.717) is 34.4 Å². The van der Waals surface area contributed by atoms with Crippen LogP contribution in [0.2, 0.25) is 0 Å². The second-order valence-electron chi connectivity index (χ2n) is 10.1. The second-order valence-corrected chi connectivity index (χ2v) is 11.9. The van der Waals surface area contributed by atoms with Crippen LogP contribution in [0, 0.1) is 11.2 Å². The van der Waals surface area contributed by atoms with Crippen LogP contribution in [0.25, 0.3) is 22.6 Å². The third kappa shape index (κ3) is 7.54. The van der Waals surface area contributed by atoms with Crippen LogP contribution in [0.15, 0.2) is 36.5 Å². The van der Waals surface area contributed by atoms with E-state index in [2.05, 4.69) is 29.9 Å². The monoisotopic (exact) mass is 547 g/mol. The Bertz CT molecular complexity index is 1320. The third-order valence-corrected chi connectivity index (χ3v) is 6.64. The van der Waals surface area contributed by atoms with Crippen LogP contribution in [0.3, 0.4) is 0 Å². The number of imidazole rings is 1. The number of ether oxygens (including phenoxy) is 2. The average Bonchev–Trinajstić information content (AvgIpc) is 3.32. The summed E-state index contributed by atoms with van der Waals surface area (Å²) in [5, 5.41) is 3.25. The van der Waals surface area contributed by atoms with Crippen molar-refractivity contribution in [2.45, 2.75) is 19.6 Å². The van der Waals surface area contributed by atoms with Gasteiger partial charge in [0.1, 0.15) is 5.82 Å². The van der Waals surface area contributed by atoms with Gasteiger partial charge in [-0.15, -0.1) is 0 Å². The van der Waals surface area contributed by atoms with Gasteiger partial charge in [-0.05, 0) is 57.4 Å². The largest absolute Gasteiger partial charge is 0.354 e. The summed E-state index contributed by atoms with van der Waals surface area (Å²) in [5.41, 5.74) is 1.95. The highest BCUT2D eigenvalue weighted by Crippen LogP contribution is 2.35. The highest BCUT2D eigenvalue weighted by Gasteiger charge is 2.35. The van der Waals surface area contributed by atoms with Crippen molar-refractivity contribution in [2.75, 3.05) is 58.5 Å². The first-order chi connectivity index (χ1) is 18.0. The Balaban J connectivity index is 1.57. The molecule has 3 N–H and O–H groups in total. The number of nitrogens with one attached hydrogen (secondary N) is 3. The number of halogens is 1. The van der Waals surface area contributed by atoms with Crippen molar-refractivity contribution in [1.29, 1.82) is 0 Å². The number of aromatic amines is 1. The van der Waals surface area contributed by atoms with Crippen LogP contribution in [0.4, 0.5) is 10.3 Å². The van der Waals surface area contributed by atoms with E-state index in [9.17, 15) is 12.8 Å². The van der Waals surface area contributed by atoms with E-state index in [-0.39, 0.29) is 25.6 Å². The fourth-order valence-electron chi connectivity index (χ4n) is 3.89. The first kappa shape index (κ1) is 28.0. The number of rotatable bonds is 11. The maximum Gasteiger partial charge on any atom is 0.223 e. The summed E-state index contributed by atoms with van der Waals surface area (Å²) in [6.45, 7) is 4.25. The maximum atomic E-state index is 13.6. The van der Waals surface area contributed by atoms with Crippen LogP contribution >= 0.6 is 0 Å². The van der Waals surface area contributed by atoms with Gasteiger partial charge in [0.25, 0.3) is 0 Å². The summed E-state index contributed by atoms with van der Waals surface area (Å²) in [4.78, 5) is 19.1. The lowest BCUT2D eigenvalue weighted by Crippen LogP contribution is -2.45. The number of sulfonamides is 1. The zero-order valence-electron chi connectivity index (χ0n) is 22.0. The molecule has 0 spiro atoms. The van der Waals surface area contributed by atoms with Crippen molar-refractivity contribution in [2.24, 2.45) is 5.41 Å². The van der Waals surface area contributed by atoms with Gasteiger partial charge < -0.3 is 24.7 Å². The Hall–Kier alpha value is -2.97. The van der Waals surface area contributed by atoms with Crippen molar-refractivity contribution >= 4 is 16.0 Å². The maximum absolute atomic E-state index is 13.6. The predicted molar refractivity (Wildman–Crippen MR) is 142 cm³/mol. The minimum absolute atomic E-state index is 0.189. The summed E-state index contributed by atoms with van der Waals surface area (Å²) in [6, 6.07) is 7.82. The van der Waals surface area contributed by atoms with Gasteiger partial charge in [0.05, 0.1) is 36.6 Å². The molecule has 3 aromatic rings. The molecule has 206 valence electrons. The molecule has 1 aliphatic heterocycles. The van der Waals surface area contributed by atoms with E-state index in [1.807, 2.05) is 21.0 Å².